The molecule has 0 aliphatic rings. The first-order valence-corrected chi connectivity index (χ1v) is 3.61. The van der Waals surface area contributed by atoms with Gasteiger partial charge in [-0.1, -0.05) is 0 Å². The predicted molar refractivity (Wildman–Crippen MR) is 44.2 cm³/mol. The fourth-order valence-electron chi connectivity index (χ4n) is 1.11. The van der Waals surface area contributed by atoms with Crippen LogP contribution in [0.3, 0.4) is 0 Å². The van der Waals surface area contributed by atoms with Crippen molar-refractivity contribution in [3.8, 4) is 5.75 Å². The van der Waals surface area contributed by atoms with E-state index in [1.54, 1.807) is 12.1 Å². The van der Waals surface area contributed by atoms with Crippen molar-refractivity contribution < 1.29 is 14.4 Å². The Morgan fingerprint density at radius 3 is 3.00 bits per heavy atom. The lowest BCUT2D eigenvalue weighted by molar-refractivity contribution is 0.172. The molecule has 5 nitrogen and oxygen atoms in total. The molecule has 0 aliphatic carbocycles. The predicted octanol–water partition coefficient (Wildman–Crippen LogP) is 0.840. The Labute approximate surface area is 72.7 Å². The van der Waals surface area contributed by atoms with Crippen molar-refractivity contribution in [2.45, 2.75) is 0 Å². The van der Waals surface area contributed by atoms with Gasteiger partial charge in [-0.15, -0.1) is 4.73 Å². The van der Waals surface area contributed by atoms with Gasteiger partial charge in [0.05, 0.1) is 7.11 Å². The first-order valence-electron chi connectivity index (χ1n) is 3.61. The molecular weight excluding hydrogens is 174 g/mol. The SMILES string of the molecule is COc1ccc2c(c1)oc(=O)n2O. The number of hydrogen-bond acceptors (Lipinski definition) is 4. The van der Waals surface area contributed by atoms with Crippen LogP contribution in [0.5, 0.6) is 5.75 Å². The highest BCUT2D eigenvalue weighted by Crippen LogP contribution is 2.18. The summed E-state index contributed by atoms with van der Waals surface area (Å²) in [6.45, 7) is 0. The van der Waals surface area contributed by atoms with Crippen molar-refractivity contribution in [2.75, 3.05) is 7.11 Å². The number of ether oxygens (including phenoxy) is 1. The molecule has 13 heavy (non-hydrogen) atoms. The van der Waals surface area contributed by atoms with Gasteiger partial charge in [0, 0.05) is 6.07 Å². The lowest BCUT2D eigenvalue weighted by Gasteiger charge is -1.96. The third-order valence-electron chi connectivity index (χ3n) is 1.77. The summed E-state index contributed by atoms with van der Waals surface area (Å²) >= 11 is 0. The molecule has 0 unspecified atom stereocenters. The van der Waals surface area contributed by atoms with E-state index in [1.807, 2.05) is 0 Å². The van der Waals surface area contributed by atoms with Crippen LogP contribution < -0.4 is 10.5 Å². The second-order valence-electron chi connectivity index (χ2n) is 2.51. The van der Waals surface area contributed by atoms with E-state index in [-0.39, 0.29) is 0 Å². The van der Waals surface area contributed by atoms with Gasteiger partial charge < -0.3 is 14.4 Å². The summed E-state index contributed by atoms with van der Waals surface area (Å²) in [5.41, 5.74) is 0.623. The highest BCUT2D eigenvalue weighted by atomic mass is 16.5. The van der Waals surface area contributed by atoms with E-state index in [0.29, 0.717) is 21.6 Å². The van der Waals surface area contributed by atoms with Gasteiger partial charge in [0.1, 0.15) is 11.3 Å². The first-order chi connectivity index (χ1) is 6.22. The van der Waals surface area contributed by atoms with Crippen molar-refractivity contribution in [2.24, 2.45) is 0 Å². The molecule has 1 aromatic carbocycles. The van der Waals surface area contributed by atoms with Crippen molar-refractivity contribution in [1.29, 1.82) is 0 Å². The second-order valence-corrected chi connectivity index (χ2v) is 2.51. The molecule has 0 fully saturated rings. The number of methoxy groups -OCH3 is 1. The summed E-state index contributed by atoms with van der Waals surface area (Å²) in [4.78, 5) is 10.8. The largest absolute Gasteiger partial charge is 0.497 e. The van der Waals surface area contributed by atoms with E-state index >= 15 is 0 Å². The van der Waals surface area contributed by atoms with E-state index in [4.69, 9.17) is 14.4 Å². The van der Waals surface area contributed by atoms with Gasteiger partial charge in [0.2, 0.25) is 0 Å². The van der Waals surface area contributed by atoms with Gasteiger partial charge in [-0.3, -0.25) is 0 Å². The van der Waals surface area contributed by atoms with Gasteiger partial charge in [-0.05, 0) is 12.1 Å². The third-order valence-corrected chi connectivity index (χ3v) is 1.77. The number of oxazole rings is 1. The Morgan fingerprint density at radius 1 is 1.54 bits per heavy atom. The highest BCUT2D eigenvalue weighted by Gasteiger charge is 2.07. The van der Waals surface area contributed by atoms with Gasteiger partial charge in [0.15, 0.2) is 5.58 Å². The molecule has 0 bridgehead atoms. The Kier molecular flexibility index (Phi) is 1.51. The number of rotatable bonds is 1. The fourth-order valence-corrected chi connectivity index (χ4v) is 1.11. The van der Waals surface area contributed by atoms with Crippen LogP contribution >= 0.6 is 0 Å². The van der Waals surface area contributed by atoms with E-state index in [9.17, 15) is 4.79 Å². The average molecular weight is 181 g/mol. The highest BCUT2D eigenvalue weighted by molar-refractivity contribution is 5.74. The molecule has 68 valence electrons. The standard InChI is InChI=1S/C8H7NO4/c1-12-5-2-3-6-7(4-5)13-8(10)9(6)11/h2-4,11H,1H3. The van der Waals surface area contributed by atoms with Crippen molar-refractivity contribution in [1.82, 2.24) is 4.73 Å². The maximum absolute atomic E-state index is 10.8. The van der Waals surface area contributed by atoms with Crippen LogP contribution in [0, 0.1) is 0 Å². The second kappa shape index (κ2) is 2.55. The number of nitrogens with zero attached hydrogens (tertiary/aromatic N) is 1. The van der Waals surface area contributed by atoms with Gasteiger partial charge in [-0.25, -0.2) is 4.79 Å². The fraction of sp³-hybridized carbons (Fsp3) is 0.125. The lowest BCUT2D eigenvalue weighted by Crippen LogP contribution is -2.09. The Bertz CT molecular complexity index is 496. The summed E-state index contributed by atoms with van der Waals surface area (Å²) < 4.78 is 10.1. The van der Waals surface area contributed by atoms with Crippen LogP contribution in [0.2, 0.25) is 0 Å². The quantitative estimate of drug-likeness (QED) is 0.662. The van der Waals surface area contributed by atoms with Crippen molar-refractivity contribution in [3.63, 3.8) is 0 Å². The van der Waals surface area contributed by atoms with Crippen LogP contribution in [0.15, 0.2) is 27.4 Å². The topological polar surface area (TPSA) is 64.6 Å². The number of benzene rings is 1. The van der Waals surface area contributed by atoms with Crippen LogP contribution in [0.4, 0.5) is 0 Å². The monoisotopic (exact) mass is 181 g/mol. The summed E-state index contributed by atoms with van der Waals surface area (Å²) in [5.74, 6) is -0.231. The minimum absolute atomic E-state index is 0.298. The maximum atomic E-state index is 10.8. The molecule has 0 radical (unpaired) electrons. The number of fused-ring (bicyclic) bond motifs is 1. The molecule has 1 aromatic heterocycles. The van der Waals surface area contributed by atoms with Gasteiger partial charge in [0.25, 0.3) is 0 Å². The molecule has 0 atom stereocenters. The van der Waals surface area contributed by atoms with Gasteiger partial charge in [-0.2, -0.15) is 0 Å². The molecule has 0 saturated heterocycles. The maximum Gasteiger partial charge on any atom is 0.453 e. The van der Waals surface area contributed by atoms with E-state index in [2.05, 4.69) is 0 Å². The minimum Gasteiger partial charge on any atom is -0.497 e. The van der Waals surface area contributed by atoms with Crippen LogP contribution in [0.25, 0.3) is 11.1 Å². The first kappa shape index (κ1) is 7.72. The summed E-state index contributed by atoms with van der Waals surface area (Å²) in [7, 11) is 1.51. The van der Waals surface area contributed by atoms with Crippen molar-refractivity contribution in [3.05, 3.63) is 28.7 Å². The zero-order valence-corrected chi connectivity index (χ0v) is 6.85. The molecule has 1 N–H and O–H groups in total. The van der Waals surface area contributed by atoms with E-state index in [0.717, 1.165) is 0 Å². The Balaban J connectivity index is 2.80. The third kappa shape index (κ3) is 1.05. The molecule has 2 rings (SSSR count). The zero-order valence-electron chi connectivity index (χ0n) is 6.85. The molecule has 0 saturated carbocycles. The summed E-state index contributed by atoms with van der Waals surface area (Å²) in [5, 5.41) is 9.13. The Hall–Kier alpha value is -1.91. The lowest BCUT2D eigenvalue weighted by atomic mass is 10.3. The number of aromatic nitrogens is 1. The summed E-state index contributed by atoms with van der Waals surface area (Å²) in [6, 6.07) is 4.70. The minimum atomic E-state index is -0.803. The van der Waals surface area contributed by atoms with Crippen LogP contribution in [-0.2, 0) is 0 Å². The molecule has 5 heteroatoms. The molecule has 0 aliphatic heterocycles. The molecule has 2 aromatic rings. The molecule has 1 heterocycles. The zero-order chi connectivity index (χ0) is 9.42. The Morgan fingerprint density at radius 2 is 2.31 bits per heavy atom. The van der Waals surface area contributed by atoms with Crippen LogP contribution in [-0.4, -0.2) is 17.0 Å². The summed E-state index contributed by atoms with van der Waals surface area (Å²) in [6.07, 6.45) is 0. The normalized spacial score (nSPS) is 10.5. The van der Waals surface area contributed by atoms with Crippen LogP contribution in [0.1, 0.15) is 0 Å². The molecular formula is C8H7NO4. The number of hydrogen-bond donors (Lipinski definition) is 1. The van der Waals surface area contributed by atoms with Crippen molar-refractivity contribution >= 4 is 11.1 Å². The average Bonchev–Trinajstić information content (AvgIpc) is 2.42. The van der Waals surface area contributed by atoms with E-state index in [1.165, 1.54) is 13.2 Å². The van der Waals surface area contributed by atoms with Gasteiger partial charge >= 0.3 is 5.76 Å². The smallest absolute Gasteiger partial charge is 0.453 e. The molecule has 0 amide bonds. The van der Waals surface area contributed by atoms with E-state index < -0.39 is 5.76 Å². The molecule has 0 spiro atoms.